The van der Waals surface area contributed by atoms with E-state index in [1.165, 1.54) is 15.8 Å². The van der Waals surface area contributed by atoms with Crippen LogP contribution in [0, 0.1) is 0 Å². The van der Waals surface area contributed by atoms with Gasteiger partial charge in [0.15, 0.2) is 5.15 Å². The summed E-state index contributed by atoms with van der Waals surface area (Å²) in [5.74, 6) is -0.182. The highest BCUT2D eigenvalue weighted by molar-refractivity contribution is 6.32. The molecular formula is C13H12ClN7O. The molecule has 0 atom stereocenters. The Balaban J connectivity index is 1.82. The number of pyridine rings is 1. The van der Waals surface area contributed by atoms with Crippen molar-refractivity contribution >= 4 is 23.2 Å². The number of amides is 1. The van der Waals surface area contributed by atoms with E-state index < -0.39 is 0 Å². The van der Waals surface area contributed by atoms with Crippen molar-refractivity contribution in [3.05, 3.63) is 48.3 Å². The highest BCUT2D eigenvalue weighted by Crippen LogP contribution is 2.25. The molecule has 0 N–H and O–H groups in total. The SMILES string of the molecule is CN(C(=O)Cn1ccnn1)c1cn(-c2cccnc2)nc1Cl. The summed E-state index contributed by atoms with van der Waals surface area (Å²) in [4.78, 5) is 17.7. The van der Waals surface area contributed by atoms with Crippen molar-refractivity contribution in [3.63, 3.8) is 0 Å². The molecular weight excluding hydrogens is 306 g/mol. The van der Waals surface area contributed by atoms with E-state index in [4.69, 9.17) is 11.6 Å². The van der Waals surface area contributed by atoms with Crippen LogP contribution >= 0.6 is 11.6 Å². The second-order valence-corrected chi connectivity index (χ2v) is 4.87. The largest absolute Gasteiger partial charge is 0.310 e. The number of carbonyl (C=O) groups excluding carboxylic acids is 1. The van der Waals surface area contributed by atoms with Crippen LogP contribution < -0.4 is 4.90 Å². The van der Waals surface area contributed by atoms with Crippen molar-refractivity contribution in [2.75, 3.05) is 11.9 Å². The molecule has 0 aromatic carbocycles. The van der Waals surface area contributed by atoms with Gasteiger partial charge in [-0.05, 0) is 12.1 Å². The van der Waals surface area contributed by atoms with Crippen molar-refractivity contribution in [2.45, 2.75) is 6.54 Å². The predicted molar refractivity (Wildman–Crippen MR) is 79.8 cm³/mol. The third-order valence-electron chi connectivity index (χ3n) is 3.07. The summed E-state index contributed by atoms with van der Waals surface area (Å²) in [5.41, 5.74) is 1.27. The average Bonchev–Trinajstić information content (AvgIpc) is 3.17. The minimum absolute atomic E-state index is 0.0743. The summed E-state index contributed by atoms with van der Waals surface area (Å²) in [6.45, 7) is 0.0743. The quantitative estimate of drug-likeness (QED) is 0.721. The number of carbonyl (C=O) groups is 1. The summed E-state index contributed by atoms with van der Waals surface area (Å²) in [5, 5.41) is 11.9. The Bertz CT molecular complexity index is 769. The molecule has 22 heavy (non-hydrogen) atoms. The minimum Gasteiger partial charge on any atom is -0.310 e. The molecule has 0 saturated carbocycles. The lowest BCUT2D eigenvalue weighted by molar-refractivity contribution is -0.119. The van der Waals surface area contributed by atoms with Gasteiger partial charge in [-0.25, -0.2) is 9.36 Å². The Labute approximate surface area is 130 Å². The Morgan fingerprint density at radius 1 is 1.41 bits per heavy atom. The van der Waals surface area contributed by atoms with Crippen molar-refractivity contribution in [3.8, 4) is 5.69 Å². The summed E-state index contributed by atoms with van der Waals surface area (Å²) >= 11 is 6.13. The predicted octanol–water partition coefficient (Wildman–Crippen LogP) is 1.18. The zero-order valence-electron chi connectivity index (χ0n) is 11.7. The minimum atomic E-state index is -0.182. The van der Waals surface area contributed by atoms with Gasteiger partial charge in [0.1, 0.15) is 12.2 Å². The van der Waals surface area contributed by atoms with E-state index in [1.54, 1.807) is 42.6 Å². The molecule has 8 nitrogen and oxygen atoms in total. The molecule has 1 amide bonds. The van der Waals surface area contributed by atoms with Gasteiger partial charge in [-0.1, -0.05) is 16.8 Å². The first kappa shape index (κ1) is 14.2. The average molecular weight is 318 g/mol. The van der Waals surface area contributed by atoms with Crippen LogP contribution in [0.15, 0.2) is 43.1 Å². The monoisotopic (exact) mass is 317 g/mol. The van der Waals surface area contributed by atoms with Crippen molar-refractivity contribution in [1.82, 2.24) is 29.8 Å². The number of aromatic nitrogens is 6. The second kappa shape index (κ2) is 5.94. The van der Waals surface area contributed by atoms with Crippen LogP contribution in [-0.2, 0) is 11.3 Å². The van der Waals surface area contributed by atoms with E-state index in [2.05, 4.69) is 20.4 Å². The van der Waals surface area contributed by atoms with Crippen LogP contribution in [0.1, 0.15) is 0 Å². The smallest absolute Gasteiger partial charge is 0.248 e. The summed E-state index contributed by atoms with van der Waals surface area (Å²) < 4.78 is 3.02. The fourth-order valence-electron chi connectivity index (χ4n) is 1.89. The second-order valence-electron chi connectivity index (χ2n) is 4.51. The van der Waals surface area contributed by atoms with Gasteiger partial charge in [-0.15, -0.1) is 5.10 Å². The molecule has 0 aliphatic heterocycles. The van der Waals surface area contributed by atoms with Crippen molar-refractivity contribution < 1.29 is 4.79 Å². The van der Waals surface area contributed by atoms with E-state index in [0.717, 1.165) is 5.69 Å². The highest BCUT2D eigenvalue weighted by Gasteiger charge is 2.18. The van der Waals surface area contributed by atoms with Crippen LogP contribution in [0.25, 0.3) is 5.69 Å². The first-order valence-corrected chi connectivity index (χ1v) is 6.79. The van der Waals surface area contributed by atoms with Crippen LogP contribution in [-0.4, -0.2) is 42.7 Å². The Hall–Kier alpha value is -2.74. The Kier molecular flexibility index (Phi) is 3.84. The number of halogens is 1. The maximum atomic E-state index is 12.2. The van der Waals surface area contributed by atoms with E-state index in [9.17, 15) is 4.79 Å². The zero-order chi connectivity index (χ0) is 15.5. The third kappa shape index (κ3) is 2.82. The lowest BCUT2D eigenvalue weighted by Gasteiger charge is -2.15. The number of anilines is 1. The lowest BCUT2D eigenvalue weighted by Crippen LogP contribution is -2.30. The molecule has 0 aliphatic rings. The van der Waals surface area contributed by atoms with Gasteiger partial charge < -0.3 is 4.90 Å². The molecule has 0 radical (unpaired) electrons. The van der Waals surface area contributed by atoms with Crippen LogP contribution in [0.2, 0.25) is 5.15 Å². The van der Waals surface area contributed by atoms with E-state index in [1.807, 2.05) is 6.07 Å². The maximum absolute atomic E-state index is 12.2. The maximum Gasteiger partial charge on any atom is 0.248 e. The molecule has 9 heteroatoms. The van der Waals surface area contributed by atoms with Gasteiger partial charge in [0.2, 0.25) is 5.91 Å². The number of nitrogens with zero attached hydrogens (tertiary/aromatic N) is 7. The molecule has 112 valence electrons. The van der Waals surface area contributed by atoms with Crippen molar-refractivity contribution in [1.29, 1.82) is 0 Å². The third-order valence-corrected chi connectivity index (χ3v) is 3.34. The standard InChI is InChI=1S/C13H12ClN7O/c1-19(12(22)9-20-6-5-16-18-20)11-8-21(17-13(11)14)10-3-2-4-15-7-10/h2-8H,9H2,1H3. The van der Waals surface area contributed by atoms with Gasteiger partial charge in [0.25, 0.3) is 0 Å². The van der Waals surface area contributed by atoms with E-state index >= 15 is 0 Å². The topological polar surface area (TPSA) is 81.7 Å². The summed E-state index contributed by atoms with van der Waals surface area (Å²) in [6, 6.07) is 3.64. The van der Waals surface area contributed by atoms with Gasteiger partial charge in [0.05, 0.1) is 24.3 Å². The van der Waals surface area contributed by atoms with Gasteiger partial charge in [-0.3, -0.25) is 9.78 Å². The molecule has 3 rings (SSSR count). The van der Waals surface area contributed by atoms with E-state index in [0.29, 0.717) is 5.69 Å². The molecule has 0 spiro atoms. The molecule has 0 bridgehead atoms. The Morgan fingerprint density at radius 3 is 2.95 bits per heavy atom. The first-order chi connectivity index (χ1) is 10.6. The number of hydrogen-bond donors (Lipinski definition) is 0. The van der Waals surface area contributed by atoms with Crippen LogP contribution in [0.4, 0.5) is 5.69 Å². The zero-order valence-corrected chi connectivity index (χ0v) is 12.4. The molecule has 3 heterocycles. The van der Waals surface area contributed by atoms with Crippen LogP contribution in [0.5, 0.6) is 0 Å². The van der Waals surface area contributed by atoms with Crippen LogP contribution in [0.3, 0.4) is 0 Å². The summed E-state index contributed by atoms with van der Waals surface area (Å²) in [7, 11) is 1.63. The lowest BCUT2D eigenvalue weighted by atomic mass is 10.4. The van der Waals surface area contributed by atoms with Gasteiger partial charge >= 0.3 is 0 Å². The number of hydrogen-bond acceptors (Lipinski definition) is 5. The number of likely N-dealkylation sites (N-methyl/N-ethyl adjacent to an activating group) is 1. The highest BCUT2D eigenvalue weighted by atomic mass is 35.5. The molecule has 3 aromatic heterocycles. The number of rotatable bonds is 4. The molecule has 0 saturated heterocycles. The molecule has 0 aliphatic carbocycles. The molecule has 0 unspecified atom stereocenters. The van der Waals surface area contributed by atoms with Gasteiger partial charge in [-0.2, -0.15) is 5.10 Å². The molecule has 3 aromatic rings. The van der Waals surface area contributed by atoms with Crippen molar-refractivity contribution in [2.24, 2.45) is 0 Å². The Morgan fingerprint density at radius 2 is 2.27 bits per heavy atom. The van der Waals surface area contributed by atoms with Gasteiger partial charge in [0, 0.05) is 19.4 Å². The normalized spacial score (nSPS) is 10.6. The fourth-order valence-corrected chi connectivity index (χ4v) is 2.14. The first-order valence-electron chi connectivity index (χ1n) is 6.41. The summed E-state index contributed by atoms with van der Waals surface area (Å²) in [6.07, 6.45) is 8.14. The molecule has 0 fully saturated rings. The van der Waals surface area contributed by atoms with E-state index in [-0.39, 0.29) is 17.6 Å². The fraction of sp³-hybridized carbons (Fsp3) is 0.154.